The van der Waals surface area contributed by atoms with Crippen molar-refractivity contribution < 1.29 is 52.9 Å². The number of carboxylic acid groups (broad SMARTS) is 1. The van der Waals surface area contributed by atoms with E-state index in [4.69, 9.17) is 30.7 Å². The Bertz CT molecular complexity index is 685. The average molecular weight is 416 g/mol. The van der Waals surface area contributed by atoms with Crippen molar-refractivity contribution in [3.05, 3.63) is 0 Å². The second-order valence-electron chi connectivity index (χ2n) is 5.75. The monoisotopic (exact) mass is 416 g/mol. The van der Waals surface area contributed by atoms with Crippen LogP contribution in [-0.4, -0.2) is 78.5 Å². The van der Waals surface area contributed by atoms with E-state index in [9.17, 15) is 29.2 Å². The topological polar surface area (TPSA) is 229 Å². The fraction of sp³-hybridized carbons (Fsp3) is 0.727. The van der Waals surface area contributed by atoms with E-state index < -0.39 is 66.3 Å². The SMILES string of the molecule is CC(=O)O[C@H]1[C@@H](N)[C@@H](OP(=O)(O)O)[C@]2(C(=O)O)CS[C@](O)(C(N)=O)[C@H]1O2. The summed E-state index contributed by atoms with van der Waals surface area (Å²) < 4.78 is 26.0. The minimum Gasteiger partial charge on any atom is -0.479 e. The van der Waals surface area contributed by atoms with Gasteiger partial charge in [-0.05, 0) is 0 Å². The van der Waals surface area contributed by atoms with Crippen LogP contribution in [0, 0.1) is 0 Å². The van der Waals surface area contributed by atoms with E-state index in [0.29, 0.717) is 11.8 Å². The summed E-state index contributed by atoms with van der Waals surface area (Å²) in [6.07, 6.45) is -5.46. The molecule has 6 atom stereocenters. The van der Waals surface area contributed by atoms with Crippen molar-refractivity contribution in [3.8, 4) is 0 Å². The number of hydrogen-bond donors (Lipinski definition) is 6. The van der Waals surface area contributed by atoms with Gasteiger partial charge in [0.1, 0.15) is 18.3 Å². The Morgan fingerprint density at radius 3 is 2.35 bits per heavy atom. The van der Waals surface area contributed by atoms with Crippen LogP contribution in [0.4, 0.5) is 0 Å². The molecule has 15 heteroatoms. The molecule has 0 saturated carbocycles. The molecule has 13 nitrogen and oxygen atoms in total. The smallest absolute Gasteiger partial charge is 0.470 e. The standard InChI is InChI=1S/C11H17N2O11PS/c1-3(14)22-5-4(12)6(24-25(19,20)21)10(9(16)17)2-26-11(18,8(13)15)7(5)23-10/h4-7,18H,2,12H2,1H3,(H2,13,15)(H,16,17)(H2,19,20,21)/t4-,5+,6-,7+,10+,11+/m1/s1. The third kappa shape index (κ3) is 3.46. The molecule has 8 N–H and O–H groups in total. The maximum Gasteiger partial charge on any atom is 0.470 e. The number of fused-ring (bicyclic) bond motifs is 2. The summed E-state index contributed by atoms with van der Waals surface area (Å²) in [5, 5.41) is 20.1. The Labute approximate surface area is 150 Å². The second kappa shape index (κ2) is 6.73. The highest BCUT2D eigenvalue weighted by Crippen LogP contribution is 2.51. The second-order valence-corrected chi connectivity index (χ2v) is 8.14. The molecule has 148 valence electrons. The van der Waals surface area contributed by atoms with Crippen molar-refractivity contribution in [1.82, 2.24) is 0 Å². The number of aliphatic hydroxyl groups is 1. The number of rotatable bonds is 5. The first kappa shape index (κ1) is 21.1. The Hall–Kier alpha value is -1.25. The van der Waals surface area contributed by atoms with Gasteiger partial charge in [0.25, 0.3) is 5.91 Å². The normalized spacial score (nSPS) is 39.9. The summed E-state index contributed by atoms with van der Waals surface area (Å²) >= 11 is 0.351. The first-order chi connectivity index (χ1) is 11.7. The molecule has 2 aliphatic rings. The molecule has 2 heterocycles. The lowest BCUT2D eigenvalue weighted by molar-refractivity contribution is -0.258. The molecule has 0 aromatic carbocycles. The molecule has 2 saturated heterocycles. The maximum absolute atomic E-state index is 11.8. The van der Waals surface area contributed by atoms with Crippen molar-refractivity contribution in [1.29, 1.82) is 0 Å². The van der Waals surface area contributed by atoms with Gasteiger partial charge in [-0.3, -0.25) is 14.1 Å². The number of ether oxygens (including phenoxy) is 2. The number of thioether (sulfide) groups is 1. The molecule has 2 rings (SSSR count). The highest BCUT2D eigenvalue weighted by molar-refractivity contribution is 8.01. The average Bonchev–Trinajstić information content (AvgIpc) is 2.48. The number of carbonyl (C=O) groups is 3. The molecule has 2 fully saturated rings. The number of nitrogens with two attached hydrogens (primary N) is 2. The predicted molar refractivity (Wildman–Crippen MR) is 82.3 cm³/mol. The zero-order valence-corrected chi connectivity index (χ0v) is 14.9. The van der Waals surface area contributed by atoms with Gasteiger partial charge in [0.2, 0.25) is 10.5 Å². The van der Waals surface area contributed by atoms with Crippen molar-refractivity contribution in [3.63, 3.8) is 0 Å². The van der Waals surface area contributed by atoms with Crippen LogP contribution in [-0.2, 0) is 32.9 Å². The molecule has 0 radical (unpaired) electrons. The predicted octanol–water partition coefficient (Wildman–Crippen LogP) is -3.13. The van der Waals surface area contributed by atoms with E-state index in [-0.39, 0.29) is 0 Å². The van der Waals surface area contributed by atoms with Gasteiger partial charge < -0.3 is 40.9 Å². The Morgan fingerprint density at radius 1 is 1.35 bits per heavy atom. The lowest BCUT2D eigenvalue weighted by Crippen LogP contribution is -2.79. The summed E-state index contributed by atoms with van der Waals surface area (Å²) in [4.78, 5) is 50.5. The van der Waals surface area contributed by atoms with Crippen LogP contribution in [0.5, 0.6) is 0 Å². The number of carboxylic acids is 1. The quantitative estimate of drug-likeness (QED) is 0.192. The molecule has 0 spiro atoms. The summed E-state index contributed by atoms with van der Waals surface area (Å²) in [6, 6.07) is -1.67. The lowest BCUT2D eigenvalue weighted by atomic mass is 9.82. The molecular formula is C11H17N2O11PS. The van der Waals surface area contributed by atoms with E-state index >= 15 is 0 Å². The lowest BCUT2D eigenvalue weighted by Gasteiger charge is -2.55. The van der Waals surface area contributed by atoms with Gasteiger partial charge in [-0.2, -0.15) is 0 Å². The number of phosphoric acid groups is 1. The number of primary amides is 1. The van der Waals surface area contributed by atoms with E-state index in [1.807, 2.05) is 0 Å². The first-order valence-corrected chi connectivity index (χ1v) is 9.50. The van der Waals surface area contributed by atoms with Gasteiger partial charge in [0.05, 0.1) is 6.04 Å². The van der Waals surface area contributed by atoms with Gasteiger partial charge in [0.15, 0.2) is 0 Å². The third-order valence-electron chi connectivity index (χ3n) is 3.98. The Morgan fingerprint density at radius 2 is 1.92 bits per heavy atom. The number of amides is 1. The fourth-order valence-electron chi connectivity index (χ4n) is 2.84. The van der Waals surface area contributed by atoms with Gasteiger partial charge >= 0.3 is 19.8 Å². The fourth-order valence-corrected chi connectivity index (χ4v) is 4.73. The van der Waals surface area contributed by atoms with Crippen LogP contribution in [0.1, 0.15) is 6.92 Å². The number of esters is 1. The number of hydrogen-bond acceptors (Lipinski definition) is 10. The van der Waals surface area contributed by atoms with Crippen LogP contribution in [0.15, 0.2) is 0 Å². The largest absolute Gasteiger partial charge is 0.479 e. The van der Waals surface area contributed by atoms with Crippen molar-refractivity contribution >= 4 is 37.4 Å². The molecule has 2 bridgehead atoms. The number of aliphatic carboxylic acids is 1. The van der Waals surface area contributed by atoms with E-state index in [0.717, 1.165) is 6.92 Å². The number of carbonyl (C=O) groups excluding carboxylic acids is 2. The molecule has 26 heavy (non-hydrogen) atoms. The highest BCUT2D eigenvalue weighted by atomic mass is 32.2. The van der Waals surface area contributed by atoms with Crippen LogP contribution in [0.25, 0.3) is 0 Å². The van der Waals surface area contributed by atoms with Crippen molar-refractivity contribution in [2.45, 2.75) is 41.8 Å². The summed E-state index contributed by atoms with van der Waals surface area (Å²) in [5.74, 6) is -4.63. The van der Waals surface area contributed by atoms with Gasteiger partial charge in [-0.25, -0.2) is 9.36 Å². The maximum atomic E-state index is 11.8. The first-order valence-electron chi connectivity index (χ1n) is 6.99. The molecule has 0 aromatic heterocycles. The van der Waals surface area contributed by atoms with E-state index in [1.165, 1.54) is 0 Å². The molecular weight excluding hydrogens is 399 g/mol. The summed E-state index contributed by atoms with van der Waals surface area (Å²) in [5.41, 5.74) is 8.57. The summed E-state index contributed by atoms with van der Waals surface area (Å²) in [6.45, 7) is 0.962. The molecule has 0 aromatic rings. The van der Waals surface area contributed by atoms with Crippen LogP contribution in [0.3, 0.4) is 0 Å². The molecule has 0 aliphatic carbocycles. The van der Waals surface area contributed by atoms with Gasteiger partial charge in [-0.15, -0.1) is 11.8 Å². The Balaban J connectivity index is 2.58. The van der Waals surface area contributed by atoms with Gasteiger partial charge in [-0.1, -0.05) is 0 Å². The number of phosphoric ester groups is 1. The van der Waals surface area contributed by atoms with Crippen LogP contribution >= 0.6 is 19.6 Å². The highest BCUT2D eigenvalue weighted by Gasteiger charge is 2.70. The third-order valence-corrected chi connectivity index (χ3v) is 5.93. The van der Waals surface area contributed by atoms with Crippen molar-refractivity contribution in [2.75, 3.05) is 5.75 Å². The van der Waals surface area contributed by atoms with Crippen LogP contribution < -0.4 is 11.5 Å². The van der Waals surface area contributed by atoms with Crippen molar-refractivity contribution in [2.24, 2.45) is 11.5 Å². The molecule has 1 amide bonds. The Kier molecular flexibility index (Phi) is 5.45. The molecule has 2 aliphatic heterocycles. The zero-order valence-electron chi connectivity index (χ0n) is 13.2. The minimum absolute atomic E-state index is 0.351. The molecule has 0 unspecified atom stereocenters. The van der Waals surface area contributed by atoms with Crippen LogP contribution in [0.2, 0.25) is 0 Å². The minimum atomic E-state index is -5.24. The van der Waals surface area contributed by atoms with E-state index in [2.05, 4.69) is 4.52 Å². The zero-order chi connectivity index (χ0) is 20.1. The van der Waals surface area contributed by atoms with E-state index in [1.54, 1.807) is 0 Å². The van der Waals surface area contributed by atoms with Gasteiger partial charge in [0, 0.05) is 12.7 Å². The summed E-state index contributed by atoms with van der Waals surface area (Å²) in [7, 11) is -5.24.